The van der Waals surface area contributed by atoms with Gasteiger partial charge in [0.2, 0.25) is 11.8 Å². The molecule has 0 spiro atoms. The number of rotatable bonds is 6. The van der Waals surface area contributed by atoms with E-state index in [1.807, 2.05) is 48.5 Å². The second kappa shape index (κ2) is 9.14. The maximum absolute atomic E-state index is 14.2. The highest BCUT2D eigenvalue weighted by molar-refractivity contribution is 6.36. The number of likely N-dealkylation sites (tertiary alicyclic amines) is 1. The van der Waals surface area contributed by atoms with Gasteiger partial charge in [0, 0.05) is 12.1 Å². The SMILES string of the molecule is CC(C)[C@@H](C(=O)OCc1ccc([N+](=O)[O-])cc1)N1C(=O)[C@H]2[C@H](C1=O)C1(Cl)c3ccccc3C2(Cl)c2ccccc21. The smallest absolute Gasteiger partial charge is 0.329 e. The molecular weight excluding hydrogens is 555 g/mol. The molecule has 3 aliphatic carbocycles. The van der Waals surface area contributed by atoms with Crippen molar-refractivity contribution in [1.29, 1.82) is 0 Å². The number of ether oxygens (including phenoxy) is 1. The summed E-state index contributed by atoms with van der Waals surface area (Å²) >= 11 is 14.9. The zero-order chi connectivity index (χ0) is 28.6. The standard InChI is InChI=1S/C30H24Cl2N2O6/c1-16(2)25(28(37)40-15-17-11-13-18(14-12-17)34(38)39)33-26(35)23-24(27(33)36)30(32)20-8-4-3-7-19(20)29(23,31)21-9-5-6-10-22(21)30/h3-14,16,23-25H,15H2,1-2H3/t23-,24-,25+,29?,30?/m1/s1. The Labute approximate surface area is 240 Å². The third-order valence-electron chi connectivity index (χ3n) is 8.30. The summed E-state index contributed by atoms with van der Waals surface area (Å²) in [5.41, 5.74) is 3.14. The normalized spacial score (nSPS) is 26.8. The van der Waals surface area contributed by atoms with Gasteiger partial charge in [0.15, 0.2) is 0 Å². The molecule has 2 bridgehead atoms. The number of hydrogen-bond donors (Lipinski definition) is 0. The Hall–Kier alpha value is -3.75. The molecule has 40 heavy (non-hydrogen) atoms. The topological polar surface area (TPSA) is 107 Å². The van der Waals surface area contributed by atoms with Crippen molar-refractivity contribution >= 4 is 46.7 Å². The molecule has 2 amide bonds. The number of halogens is 2. The van der Waals surface area contributed by atoms with Crippen LogP contribution in [-0.4, -0.2) is 33.6 Å². The van der Waals surface area contributed by atoms with Crippen LogP contribution in [0.5, 0.6) is 0 Å². The molecule has 3 aromatic carbocycles. The molecule has 8 nitrogen and oxygen atoms in total. The first kappa shape index (κ1) is 26.5. The molecule has 10 heteroatoms. The molecule has 3 aromatic rings. The quantitative estimate of drug-likeness (QED) is 0.130. The number of imide groups is 1. The van der Waals surface area contributed by atoms with Crippen molar-refractivity contribution in [3.05, 3.63) is 111 Å². The molecular formula is C30H24Cl2N2O6. The lowest BCUT2D eigenvalue weighted by Gasteiger charge is -2.54. The molecule has 1 heterocycles. The molecule has 0 unspecified atom stereocenters. The van der Waals surface area contributed by atoms with Crippen LogP contribution in [0.4, 0.5) is 5.69 Å². The molecule has 0 aromatic heterocycles. The van der Waals surface area contributed by atoms with E-state index in [2.05, 4.69) is 0 Å². The van der Waals surface area contributed by atoms with Gasteiger partial charge in [-0.2, -0.15) is 0 Å². The van der Waals surface area contributed by atoms with Crippen LogP contribution in [0.3, 0.4) is 0 Å². The summed E-state index contributed by atoms with van der Waals surface area (Å²) in [6.45, 7) is 3.27. The van der Waals surface area contributed by atoms with Gasteiger partial charge in [-0.25, -0.2) is 4.79 Å². The lowest BCUT2D eigenvalue weighted by molar-refractivity contribution is -0.384. The first-order valence-corrected chi connectivity index (χ1v) is 13.6. The number of hydrogen-bond acceptors (Lipinski definition) is 6. The minimum absolute atomic E-state index is 0.0902. The summed E-state index contributed by atoms with van der Waals surface area (Å²) in [4.78, 5) is 50.6. The molecule has 1 aliphatic heterocycles. The van der Waals surface area contributed by atoms with Gasteiger partial charge < -0.3 is 4.74 Å². The fraction of sp³-hybridized carbons (Fsp3) is 0.300. The van der Waals surface area contributed by atoms with Gasteiger partial charge in [-0.3, -0.25) is 24.6 Å². The summed E-state index contributed by atoms with van der Waals surface area (Å²) in [7, 11) is 0. The first-order chi connectivity index (χ1) is 19.0. The van der Waals surface area contributed by atoms with Crippen molar-refractivity contribution in [2.75, 3.05) is 0 Å². The number of amides is 2. The summed E-state index contributed by atoms with van der Waals surface area (Å²) in [6.07, 6.45) is 0. The second-order valence-electron chi connectivity index (χ2n) is 10.7. The van der Waals surface area contributed by atoms with Crippen LogP contribution in [-0.2, 0) is 35.5 Å². The van der Waals surface area contributed by atoms with Crippen LogP contribution in [0, 0.1) is 27.9 Å². The van der Waals surface area contributed by atoms with Crippen molar-refractivity contribution < 1.29 is 24.0 Å². The lowest BCUT2D eigenvalue weighted by atomic mass is 9.54. The van der Waals surface area contributed by atoms with E-state index >= 15 is 0 Å². The maximum Gasteiger partial charge on any atom is 0.329 e. The molecule has 4 aliphatic rings. The van der Waals surface area contributed by atoms with Crippen LogP contribution in [0.1, 0.15) is 41.7 Å². The van der Waals surface area contributed by atoms with Gasteiger partial charge in [0.05, 0.1) is 16.8 Å². The lowest BCUT2D eigenvalue weighted by Crippen LogP contribution is -2.57. The van der Waals surface area contributed by atoms with Crippen molar-refractivity contribution in [1.82, 2.24) is 4.90 Å². The molecule has 0 radical (unpaired) electrons. The van der Waals surface area contributed by atoms with Gasteiger partial charge in [-0.05, 0) is 45.9 Å². The number of nitro benzene ring substituents is 1. The summed E-state index contributed by atoms with van der Waals surface area (Å²) < 4.78 is 5.54. The van der Waals surface area contributed by atoms with Gasteiger partial charge in [-0.1, -0.05) is 62.4 Å². The minimum atomic E-state index is -1.35. The molecule has 1 saturated heterocycles. The van der Waals surface area contributed by atoms with Crippen LogP contribution in [0.2, 0.25) is 0 Å². The van der Waals surface area contributed by atoms with Crippen LogP contribution in [0.15, 0.2) is 72.8 Å². The van der Waals surface area contributed by atoms with Crippen LogP contribution >= 0.6 is 23.2 Å². The Bertz CT molecular complexity index is 1470. The van der Waals surface area contributed by atoms with E-state index < -0.39 is 56.3 Å². The van der Waals surface area contributed by atoms with E-state index in [0.717, 1.165) is 4.90 Å². The Morgan fingerprint density at radius 1 is 0.875 bits per heavy atom. The van der Waals surface area contributed by atoms with Crippen molar-refractivity contribution in [2.45, 2.75) is 36.2 Å². The highest BCUT2D eigenvalue weighted by atomic mass is 35.5. The molecule has 0 saturated carbocycles. The highest BCUT2D eigenvalue weighted by Gasteiger charge is 2.74. The molecule has 1 fully saturated rings. The molecule has 3 atom stereocenters. The maximum atomic E-state index is 14.2. The van der Waals surface area contributed by atoms with Crippen LogP contribution < -0.4 is 0 Å². The number of alkyl halides is 2. The number of non-ortho nitro benzene ring substituents is 1. The van der Waals surface area contributed by atoms with E-state index in [9.17, 15) is 24.5 Å². The van der Waals surface area contributed by atoms with E-state index in [-0.39, 0.29) is 12.3 Å². The van der Waals surface area contributed by atoms with E-state index in [1.165, 1.54) is 24.3 Å². The predicted octanol–water partition coefficient (Wildman–Crippen LogP) is 5.26. The number of benzene rings is 3. The zero-order valence-electron chi connectivity index (χ0n) is 21.5. The summed E-state index contributed by atoms with van der Waals surface area (Å²) in [5, 5.41) is 10.9. The average molecular weight is 579 g/mol. The Balaban J connectivity index is 1.38. The van der Waals surface area contributed by atoms with E-state index in [1.54, 1.807) is 13.8 Å². The molecule has 204 valence electrons. The van der Waals surface area contributed by atoms with Crippen molar-refractivity contribution in [3.63, 3.8) is 0 Å². The summed E-state index contributed by atoms with van der Waals surface area (Å²) in [6, 6.07) is 19.0. The zero-order valence-corrected chi connectivity index (χ0v) is 23.1. The summed E-state index contributed by atoms with van der Waals surface area (Å²) in [5.74, 6) is -4.41. The predicted molar refractivity (Wildman–Crippen MR) is 147 cm³/mol. The number of carbonyl (C=O) groups is 3. The monoisotopic (exact) mass is 578 g/mol. The number of esters is 1. The third kappa shape index (κ3) is 3.42. The Morgan fingerprint density at radius 3 is 1.68 bits per heavy atom. The number of nitro groups is 1. The first-order valence-electron chi connectivity index (χ1n) is 12.9. The van der Waals surface area contributed by atoms with E-state index in [0.29, 0.717) is 27.8 Å². The Morgan fingerprint density at radius 2 is 1.30 bits per heavy atom. The van der Waals surface area contributed by atoms with Gasteiger partial charge in [0.25, 0.3) is 5.69 Å². The minimum Gasteiger partial charge on any atom is -0.459 e. The Kier molecular flexibility index (Phi) is 6.05. The van der Waals surface area contributed by atoms with Gasteiger partial charge in [-0.15, -0.1) is 23.2 Å². The van der Waals surface area contributed by atoms with Gasteiger partial charge in [0.1, 0.15) is 22.4 Å². The molecule has 7 rings (SSSR count). The fourth-order valence-electron chi connectivity index (χ4n) is 6.59. The number of carbonyl (C=O) groups excluding carboxylic acids is 3. The average Bonchev–Trinajstić information content (AvgIpc) is 3.21. The van der Waals surface area contributed by atoms with Gasteiger partial charge >= 0.3 is 5.97 Å². The van der Waals surface area contributed by atoms with Crippen molar-refractivity contribution in [2.24, 2.45) is 17.8 Å². The number of nitrogens with zero attached hydrogens (tertiary/aromatic N) is 2. The van der Waals surface area contributed by atoms with Crippen molar-refractivity contribution in [3.8, 4) is 0 Å². The fourth-order valence-corrected chi connectivity index (χ4v) is 7.69. The van der Waals surface area contributed by atoms with E-state index in [4.69, 9.17) is 27.9 Å². The second-order valence-corrected chi connectivity index (χ2v) is 11.9. The van der Waals surface area contributed by atoms with Crippen LogP contribution in [0.25, 0.3) is 0 Å². The third-order valence-corrected chi connectivity index (χ3v) is 9.58. The highest BCUT2D eigenvalue weighted by Crippen LogP contribution is 2.69. The largest absolute Gasteiger partial charge is 0.459 e. The molecule has 0 N–H and O–H groups in total.